The molecule has 0 radical (unpaired) electrons. The van der Waals surface area contributed by atoms with Crippen molar-refractivity contribution in [3.8, 4) is 0 Å². The molecule has 0 spiro atoms. The second-order valence-electron chi connectivity index (χ2n) is 7.29. The lowest BCUT2D eigenvalue weighted by Crippen LogP contribution is -2.60. The van der Waals surface area contributed by atoms with Gasteiger partial charge in [-0.3, -0.25) is 9.80 Å². The number of piperidine rings is 2. The zero-order valence-electron chi connectivity index (χ0n) is 16.2. The second kappa shape index (κ2) is 13.7. The molecule has 3 aliphatic heterocycles. The van der Waals surface area contributed by atoms with E-state index in [1.54, 1.807) is 4.90 Å². The molecule has 0 saturated carbocycles. The minimum absolute atomic E-state index is 0. The SMILES string of the molecule is Cl.Cl.Cl.O=C(O)C(NC(=O)N1CCN(C2CCNCC2)CC1)N1CCCCC1. The van der Waals surface area contributed by atoms with E-state index in [-0.39, 0.29) is 43.3 Å². The van der Waals surface area contributed by atoms with Crippen LogP contribution < -0.4 is 10.6 Å². The molecule has 1 unspecified atom stereocenters. The molecule has 3 saturated heterocycles. The third-order valence-electron chi connectivity index (χ3n) is 5.68. The summed E-state index contributed by atoms with van der Waals surface area (Å²) in [7, 11) is 0. The van der Waals surface area contributed by atoms with E-state index < -0.39 is 12.1 Å². The number of carbonyl (C=O) groups excluding carboxylic acids is 1. The molecule has 28 heavy (non-hydrogen) atoms. The molecule has 0 bridgehead atoms. The molecular weight excluding hydrogens is 429 g/mol. The molecule has 0 aliphatic carbocycles. The number of aliphatic carboxylic acids is 1. The molecule has 11 heteroatoms. The number of amides is 2. The number of rotatable bonds is 4. The first-order valence-corrected chi connectivity index (χ1v) is 9.62. The van der Waals surface area contributed by atoms with Gasteiger partial charge in [0.05, 0.1) is 0 Å². The molecule has 0 aromatic rings. The number of hydrogen-bond acceptors (Lipinski definition) is 5. The molecule has 3 heterocycles. The van der Waals surface area contributed by atoms with Crippen molar-refractivity contribution in [1.29, 1.82) is 0 Å². The normalized spacial score (nSPS) is 22.8. The molecule has 0 aromatic heterocycles. The Kier molecular flexibility index (Phi) is 13.4. The van der Waals surface area contributed by atoms with Gasteiger partial charge in [-0.05, 0) is 38.8 Å². The number of carbonyl (C=O) groups is 2. The van der Waals surface area contributed by atoms with Gasteiger partial charge in [-0.25, -0.2) is 9.59 Å². The maximum Gasteiger partial charge on any atom is 0.341 e. The van der Waals surface area contributed by atoms with Gasteiger partial charge in [0.1, 0.15) is 0 Å². The predicted molar refractivity (Wildman–Crippen MR) is 116 cm³/mol. The number of halogens is 3. The molecule has 1 atom stereocenters. The third-order valence-corrected chi connectivity index (χ3v) is 5.68. The van der Waals surface area contributed by atoms with Crippen molar-refractivity contribution in [3.63, 3.8) is 0 Å². The van der Waals surface area contributed by atoms with Crippen molar-refractivity contribution in [2.45, 2.75) is 44.3 Å². The van der Waals surface area contributed by atoms with Crippen LogP contribution in [0, 0.1) is 0 Å². The molecule has 2 amide bonds. The van der Waals surface area contributed by atoms with Gasteiger partial charge in [0.2, 0.25) is 0 Å². The van der Waals surface area contributed by atoms with Crippen molar-refractivity contribution >= 4 is 49.2 Å². The first-order chi connectivity index (χ1) is 12.1. The number of carboxylic acids is 1. The molecule has 8 nitrogen and oxygen atoms in total. The summed E-state index contributed by atoms with van der Waals surface area (Å²) in [6.07, 6.45) is 4.55. The van der Waals surface area contributed by atoms with E-state index in [0.29, 0.717) is 19.1 Å². The van der Waals surface area contributed by atoms with Gasteiger partial charge in [-0.1, -0.05) is 6.42 Å². The van der Waals surface area contributed by atoms with Crippen LogP contribution in [-0.2, 0) is 4.79 Å². The van der Waals surface area contributed by atoms with E-state index in [9.17, 15) is 14.7 Å². The molecule has 3 rings (SSSR count). The Bertz CT molecular complexity index is 469. The Balaban J connectivity index is 0.00000243. The maximum atomic E-state index is 12.5. The highest BCUT2D eigenvalue weighted by Gasteiger charge is 2.32. The largest absolute Gasteiger partial charge is 0.479 e. The van der Waals surface area contributed by atoms with Crippen LogP contribution in [0.4, 0.5) is 4.79 Å². The summed E-state index contributed by atoms with van der Waals surface area (Å²) in [5.41, 5.74) is 0. The molecular formula is C17H34Cl3N5O3. The van der Waals surface area contributed by atoms with Crippen molar-refractivity contribution < 1.29 is 14.7 Å². The minimum Gasteiger partial charge on any atom is -0.479 e. The molecule has 3 aliphatic rings. The fourth-order valence-corrected chi connectivity index (χ4v) is 4.16. The molecule has 0 aromatic carbocycles. The standard InChI is InChI=1S/C17H31N5O3.3ClH/c23-16(24)15(21-8-2-1-3-9-21)19-17(25)22-12-10-20(11-13-22)14-4-6-18-7-5-14;;;/h14-15,18H,1-13H2,(H,19,25)(H,23,24);3*1H. The monoisotopic (exact) mass is 461 g/mol. The number of hydrogen-bond donors (Lipinski definition) is 3. The van der Waals surface area contributed by atoms with Crippen LogP contribution in [0.2, 0.25) is 0 Å². The Morgan fingerprint density at radius 3 is 2.00 bits per heavy atom. The van der Waals surface area contributed by atoms with E-state index in [1.807, 2.05) is 4.90 Å². The first kappa shape index (κ1) is 27.5. The lowest BCUT2D eigenvalue weighted by molar-refractivity contribution is -0.144. The fourth-order valence-electron chi connectivity index (χ4n) is 4.16. The van der Waals surface area contributed by atoms with E-state index in [0.717, 1.165) is 58.5 Å². The summed E-state index contributed by atoms with van der Waals surface area (Å²) in [6, 6.07) is 0.370. The van der Waals surface area contributed by atoms with E-state index in [4.69, 9.17) is 0 Å². The average molecular weight is 463 g/mol. The minimum atomic E-state index is -0.969. The van der Waals surface area contributed by atoms with Crippen molar-refractivity contribution in [1.82, 2.24) is 25.3 Å². The number of carboxylic acid groups (broad SMARTS) is 1. The Morgan fingerprint density at radius 1 is 0.893 bits per heavy atom. The van der Waals surface area contributed by atoms with Gasteiger partial charge in [0.25, 0.3) is 0 Å². The van der Waals surface area contributed by atoms with Crippen LogP contribution in [0.3, 0.4) is 0 Å². The number of nitrogens with zero attached hydrogens (tertiary/aromatic N) is 3. The summed E-state index contributed by atoms with van der Waals surface area (Å²) < 4.78 is 0. The lowest BCUT2D eigenvalue weighted by atomic mass is 10.0. The van der Waals surface area contributed by atoms with Gasteiger partial charge >= 0.3 is 12.0 Å². The van der Waals surface area contributed by atoms with Gasteiger partial charge in [-0.2, -0.15) is 0 Å². The molecule has 3 fully saturated rings. The number of urea groups is 1. The molecule has 3 N–H and O–H groups in total. The summed E-state index contributed by atoms with van der Waals surface area (Å²) in [5, 5.41) is 15.6. The van der Waals surface area contributed by atoms with Crippen LogP contribution in [-0.4, -0.2) is 96.4 Å². The Morgan fingerprint density at radius 2 is 1.46 bits per heavy atom. The van der Waals surface area contributed by atoms with Crippen LogP contribution in [0.15, 0.2) is 0 Å². The van der Waals surface area contributed by atoms with E-state index >= 15 is 0 Å². The highest BCUT2D eigenvalue weighted by molar-refractivity contribution is 5.86. The second-order valence-corrected chi connectivity index (χ2v) is 7.29. The van der Waals surface area contributed by atoms with E-state index in [2.05, 4.69) is 15.5 Å². The highest BCUT2D eigenvalue weighted by Crippen LogP contribution is 2.15. The van der Waals surface area contributed by atoms with Gasteiger partial charge in [-0.15, -0.1) is 37.2 Å². The smallest absolute Gasteiger partial charge is 0.341 e. The summed E-state index contributed by atoms with van der Waals surface area (Å²) in [6.45, 7) is 6.70. The summed E-state index contributed by atoms with van der Waals surface area (Å²) in [4.78, 5) is 30.2. The van der Waals surface area contributed by atoms with Crippen molar-refractivity contribution in [2.75, 3.05) is 52.4 Å². The average Bonchev–Trinajstić information content (AvgIpc) is 2.67. The zero-order chi connectivity index (χ0) is 17.6. The van der Waals surface area contributed by atoms with E-state index in [1.165, 1.54) is 12.8 Å². The van der Waals surface area contributed by atoms with Gasteiger partial charge in [0, 0.05) is 45.3 Å². The van der Waals surface area contributed by atoms with Crippen LogP contribution >= 0.6 is 37.2 Å². The zero-order valence-corrected chi connectivity index (χ0v) is 18.6. The maximum absolute atomic E-state index is 12.5. The Hall–Kier alpha value is -0.510. The van der Waals surface area contributed by atoms with Crippen molar-refractivity contribution in [2.24, 2.45) is 0 Å². The summed E-state index contributed by atoms with van der Waals surface area (Å²) in [5.74, 6) is -0.969. The number of piperazine rings is 1. The van der Waals surface area contributed by atoms with Crippen molar-refractivity contribution in [3.05, 3.63) is 0 Å². The van der Waals surface area contributed by atoms with Crippen LogP contribution in [0.25, 0.3) is 0 Å². The number of likely N-dealkylation sites (tertiary alicyclic amines) is 1. The topological polar surface area (TPSA) is 88.1 Å². The third kappa shape index (κ3) is 7.39. The highest BCUT2D eigenvalue weighted by atomic mass is 35.5. The first-order valence-electron chi connectivity index (χ1n) is 9.62. The van der Waals surface area contributed by atoms with Crippen LogP contribution in [0.5, 0.6) is 0 Å². The van der Waals surface area contributed by atoms with Gasteiger partial charge in [0.15, 0.2) is 6.17 Å². The van der Waals surface area contributed by atoms with Gasteiger partial charge < -0.3 is 20.6 Å². The fraction of sp³-hybridized carbons (Fsp3) is 0.882. The summed E-state index contributed by atoms with van der Waals surface area (Å²) >= 11 is 0. The number of nitrogens with one attached hydrogen (secondary N) is 2. The van der Waals surface area contributed by atoms with Crippen LogP contribution in [0.1, 0.15) is 32.1 Å². The quantitative estimate of drug-likeness (QED) is 0.582. The Labute approximate surface area is 186 Å². The predicted octanol–water partition coefficient (Wildman–Crippen LogP) is 1.23. The molecule has 166 valence electrons. The lowest BCUT2D eigenvalue weighted by Gasteiger charge is -2.41.